The van der Waals surface area contributed by atoms with Gasteiger partial charge in [0.05, 0.1) is 12.8 Å². The molecule has 1 aliphatic rings. The molecule has 10 nitrogen and oxygen atoms in total. The third-order valence-electron chi connectivity index (χ3n) is 2.83. The first-order chi connectivity index (χ1) is 8.99. The molecule has 0 saturated carbocycles. The molecule has 0 aliphatic carbocycles. The highest BCUT2D eigenvalue weighted by molar-refractivity contribution is 5.44. The number of nitrogens with zero attached hydrogens (tertiary/aromatic N) is 2. The van der Waals surface area contributed by atoms with Crippen molar-refractivity contribution >= 4 is 5.82 Å². The van der Waals surface area contributed by atoms with Crippen molar-refractivity contribution in [3.63, 3.8) is 0 Å². The van der Waals surface area contributed by atoms with E-state index in [0.29, 0.717) is 0 Å². The fourth-order valence-electron chi connectivity index (χ4n) is 1.83. The molecule has 0 amide bonds. The van der Waals surface area contributed by atoms with Crippen LogP contribution in [-0.2, 0) is 4.74 Å². The van der Waals surface area contributed by atoms with Crippen molar-refractivity contribution in [3.05, 3.63) is 16.7 Å². The lowest BCUT2D eigenvalue weighted by Crippen LogP contribution is -2.36. The van der Waals surface area contributed by atoms with Crippen LogP contribution in [0.5, 0.6) is 5.75 Å². The summed E-state index contributed by atoms with van der Waals surface area (Å²) in [6.07, 6.45) is -4.31. The van der Waals surface area contributed by atoms with Crippen LogP contribution in [-0.4, -0.2) is 60.1 Å². The zero-order valence-corrected chi connectivity index (χ0v) is 9.54. The molecule has 1 aliphatic heterocycles. The van der Waals surface area contributed by atoms with Gasteiger partial charge in [-0.15, -0.1) is 0 Å². The maximum absolute atomic E-state index is 11.6. The Kier molecular flexibility index (Phi) is 3.68. The van der Waals surface area contributed by atoms with Crippen LogP contribution < -0.4 is 11.2 Å². The highest BCUT2D eigenvalue weighted by Gasteiger charge is 2.43. The molecule has 19 heavy (non-hydrogen) atoms. The summed E-state index contributed by atoms with van der Waals surface area (Å²) in [6.45, 7) is -0.542. The van der Waals surface area contributed by atoms with E-state index >= 15 is 0 Å². The highest BCUT2D eigenvalue weighted by atomic mass is 16.6. The second-order valence-electron chi connectivity index (χ2n) is 4.01. The summed E-state index contributed by atoms with van der Waals surface area (Å²) < 4.78 is 5.86. The predicted octanol–water partition coefficient (Wildman–Crippen LogP) is -2.64. The van der Waals surface area contributed by atoms with Gasteiger partial charge in [-0.25, -0.2) is 10.3 Å². The third kappa shape index (κ3) is 2.27. The van der Waals surface area contributed by atoms with Crippen LogP contribution in [0.3, 0.4) is 0 Å². The Morgan fingerprint density at radius 1 is 1.42 bits per heavy atom. The van der Waals surface area contributed by atoms with Gasteiger partial charge in [-0.2, -0.15) is 4.98 Å². The van der Waals surface area contributed by atoms with E-state index in [2.05, 4.69) is 4.98 Å². The SMILES string of the molecule is O=c1nc(NO)c(O)cn1[C@@H]1O[C@H](CO)C(O)C1O. The molecule has 0 aromatic carbocycles. The number of aliphatic hydroxyl groups is 3. The number of aromatic hydroxyl groups is 1. The summed E-state index contributed by atoms with van der Waals surface area (Å²) >= 11 is 0. The zero-order chi connectivity index (χ0) is 14.2. The standard InChI is InChI=1S/C9H13N3O7/c13-2-4-5(15)6(16)8(19-4)12-1-3(14)7(11-18)10-9(12)17/h1,4-6,8,13-16,18H,2H2,(H,10,11,17)/t4-,5?,6?,8-/m1/s1. The van der Waals surface area contributed by atoms with E-state index in [1.54, 1.807) is 0 Å². The number of aromatic nitrogens is 2. The molecule has 1 aromatic rings. The molecule has 0 bridgehead atoms. The number of hydrogen-bond acceptors (Lipinski definition) is 9. The zero-order valence-electron chi connectivity index (χ0n) is 9.54. The van der Waals surface area contributed by atoms with E-state index in [1.807, 2.05) is 0 Å². The van der Waals surface area contributed by atoms with Gasteiger partial charge in [0, 0.05) is 0 Å². The molecule has 1 fully saturated rings. The van der Waals surface area contributed by atoms with Gasteiger partial charge >= 0.3 is 5.69 Å². The number of hydrogen-bond donors (Lipinski definition) is 6. The molecule has 10 heteroatoms. The Balaban J connectivity index is 2.38. The third-order valence-corrected chi connectivity index (χ3v) is 2.83. The van der Waals surface area contributed by atoms with Crippen LogP contribution in [0.15, 0.2) is 11.0 Å². The summed E-state index contributed by atoms with van der Waals surface area (Å²) in [6, 6.07) is 0. The van der Waals surface area contributed by atoms with Gasteiger partial charge in [0.25, 0.3) is 0 Å². The Bertz CT molecular complexity index is 519. The van der Waals surface area contributed by atoms with E-state index in [4.69, 9.17) is 15.1 Å². The Morgan fingerprint density at radius 2 is 2.11 bits per heavy atom. The summed E-state index contributed by atoms with van der Waals surface area (Å²) in [4.78, 5) is 14.9. The predicted molar refractivity (Wildman–Crippen MR) is 58.6 cm³/mol. The maximum atomic E-state index is 11.6. The Morgan fingerprint density at radius 3 is 2.63 bits per heavy atom. The van der Waals surface area contributed by atoms with Crippen LogP contribution in [0.4, 0.5) is 5.82 Å². The van der Waals surface area contributed by atoms with E-state index in [1.165, 1.54) is 5.48 Å². The Labute approximate surface area is 106 Å². The average Bonchev–Trinajstić information content (AvgIpc) is 2.68. The monoisotopic (exact) mass is 275 g/mol. The minimum Gasteiger partial charge on any atom is -0.503 e. The normalized spacial score (nSPS) is 30.5. The van der Waals surface area contributed by atoms with Crippen LogP contribution >= 0.6 is 0 Å². The minimum atomic E-state index is -1.47. The largest absolute Gasteiger partial charge is 0.503 e. The quantitative estimate of drug-likeness (QED) is 0.324. The number of rotatable bonds is 3. The fourth-order valence-corrected chi connectivity index (χ4v) is 1.83. The van der Waals surface area contributed by atoms with Gasteiger partial charge in [-0.1, -0.05) is 0 Å². The molecule has 2 rings (SSSR count). The number of ether oxygens (including phenoxy) is 1. The second-order valence-corrected chi connectivity index (χ2v) is 4.01. The molecule has 6 N–H and O–H groups in total. The van der Waals surface area contributed by atoms with E-state index in [9.17, 15) is 20.1 Å². The van der Waals surface area contributed by atoms with Crippen LogP contribution in [0, 0.1) is 0 Å². The summed E-state index contributed by atoms with van der Waals surface area (Å²) in [7, 11) is 0. The van der Waals surface area contributed by atoms with Gasteiger partial charge in [-0.3, -0.25) is 9.77 Å². The topological polar surface area (TPSA) is 157 Å². The lowest BCUT2D eigenvalue weighted by molar-refractivity contribution is -0.0551. The number of nitrogens with one attached hydrogen (secondary N) is 1. The lowest BCUT2D eigenvalue weighted by Gasteiger charge is -2.17. The molecular formula is C9H13N3O7. The van der Waals surface area contributed by atoms with Crippen molar-refractivity contribution < 1.29 is 30.4 Å². The van der Waals surface area contributed by atoms with Gasteiger partial charge < -0.3 is 25.2 Å². The van der Waals surface area contributed by atoms with Gasteiger partial charge in [0.1, 0.15) is 18.3 Å². The number of anilines is 1. The molecule has 0 spiro atoms. The van der Waals surface area contributed by atoms with Crippen molar-refractivity contribution in [1.82, 2.24) is 9.55 Å². The second kappa shape index (κ2) is 5.11. The van der Waals surface area contributed by atoms with E-state index in [-0.39, 0.29) is 0 Å². The maximum Gasteiger partial charge on any atom is 0.352 e. The summed E-state index contributed by atoms with van der Waals surface area (Å²) in [5.41, 5.74) is 0.600. The van der Waals surface area contributed by atoms with Crippen LogP contribution in [0.1, 0.15) is 6.23 Å². The van der Waals surface area contributed by atoms with Gasteiger partial charge in [0.2, 0.25) is 0 Å². The van der Waals surface area contributed by atoms with Crippen molar-refractivity contribution in [2.24, 2.45) is 0 Å². The summed E-state index contributed by atoms with van der Waals surface area (Å²) in [5, 5.41) is 46.3. The first-order valence-electron chi connectivity index (χ1n) is 5.34. The molecule has 1 saturated heterocycles. The van der Waals surface area contributed by atoms with E-state index in [0.717, 1.165) is 10.8 Å². The van der Waals surface area contributed by atoms with Crippen molar-refractivity contribution in [1.29, 1.82) is 0 Å². The average molecular weight is 275 g/mol. The van der Waals surface area contributed by atoms with Gasteiger partial charge in [0.15, 0.2) is 17.8 Å². The molecule has 2 heterocycles. The number of aliphatic hydroxyl groups excluding tert-OH is 3. The summed E-state index contributed by atoms with van der Waals surface area (Å²) in [5.74, 6) is -1.01. The molecule has 2 unspecified atom stereocenters. The molecule has 4 atom stereocenters. The van der Waals surface area contributed by atoms with Crippen LogP contribution in [0.2, 0.25) is 0 Å². The van der Waals surface area contributed by atoms with Gasteiger partial charge in [-0.05, 0) is 0 Å². The highest BCUT2D eigenvalue weighted by Crippen LogP contribution is 2.29. The van der Waals surface area contributed by atoms with E-state index < -0.39 is 48.4 Å². The van der Waals surface area contributed by atoms with Crippen molar-refractivity contribution in [3.8, 4) is 5.75 Å². The lowest BCUT2D eigenvalue weighted by atomic mass is 10.1. The van der Waals surface area contributed by atoms with Crippen molar-refractivity contribution in [2.45, 2.75) is 24.5 Å². The molecule has 106 valence electrons. The fraction of sp³-hybridized carbons (Fsp3) is 0.556. The molecule has 1 aromatic heterocycles. The van der Waals surface area contributed by atoms with Crippen molar-refractivity contribution in [2.75, 3.05) is 12.1 Å². The minimum absolute atomic E-state index is 0.451. The van der Waals surface area contributed by atoms with Crippen LogP contribution in [0.25, 0.3) is 0 Å². The molecule has 0 radical (unpaired) electrons. The molecular weight excluding hydrogens is 262 g/mol. The smallest absolute Gasteiger partial charge is 0.352 e. The first kappa shape index (κ1) is 13.7. The first-order valence-corrected chi connectivity index (χ1v) is 5.34. The Hall–Kier alpha value is -1.72.